The number of rotatable bonds is 6. The van der Waals surface area contributed by atoms with Crippen LogP contribution >= 0.6 is 0 Å². The number of anilines is 1. The van der Waals surface area contributed by atoms with Crippen molar-refractivity contribution in [2.24, 2.45) is 0 Å². The smallest absolute Gasteiger partial charge is 0.160 e. The van der Waals surface area contributed by atoms with E-state index in [2.05, 4.69) is 21.5 Å². The lowest BCUT2D eigenvalue weighted by Crippen LogP contribution is -2.10. The van der Waals surface area contributed by atoms with Gasteiger partial charge in [-0.15, -0.1) is 0 Å². The molecule has 0 aliphatic rings. The Balaban J connectivity index is 1.73. The second-order valence-corrected chi connectivity index (χ2v) is 5.70. The second kappa shape index (κ2) is 6.78. The quantitative estimate of drug-likeness (QED) is 0.754. The van der Waals surface area contributed by atoms with Crippen LogP contribution in [-0.4, -0.2) is 35.4 Å². The van der Waals surface area contributed by atoms with Crippen molar-refractivity contribution < 1.29 is 9.47 Å². The molecule has 0 atom stereocenters. The maximum Gasteiger partial charge on any atom is 0.160 e. The first kappa shape index (κ1) is 16.1. The van der Waals surface area contributed by atoms with Crippen LogP contribution in [0.5, 0.6) is 11.5 Å². The summed E-state index contributed by atoms with van der Waals surface area (Å²) < 4.78 is 12.5. The van der Waals surface area contributed by atoms with E-state index in [0.29, 0.717) is 0 Å². The van der Waals surface area contributed by atoms with E-state index in [9.17, 15) is 0 Å². The van der Waals surface area contributed by atoms with Gasteiger partial charge in [-0.2, -0.15) is 9.61 Å². The summed E-state index contributed by atoms with van der Waals surface area (Å²) in [5.74, 6) is 2.44. The number of nitrogens with zero attached hydrogens (tertiary/aromatic N) is 3. The number of aromatic nitrogens is 3. The van der Waals surface area contributed by atoms with E-state index in [-0.39, 0.29) is 0 Å². The third-order valence-corrected chi connectivity index (χ3v) is 3.85. The first-order valence-corrected chi connectivity index (χ1v) is 7.89. The minimum atomic E-state index is 0.743. The van der Waals surface area contributed by atoms with Crippen molar-refractivity contribution in [3.05, 3.63) is 47.3 Å². The van der Waals surface area contributed by atoms with E-state index < -0.39 is 0 Å². The van der Waals surface area contributed by atoms with Crippen LogP contribution in [0.1, 0.15) is 17.0 Å². The molecule has 1 aromatic carbocycles. The van der Waals surface area contributed by atoms with Crippen molar-refractivity contribution in [1.29, 1.82) is 0 Å². The van der Waals surface area contributed by atoms with Crippen LogP contribution in [0.2, 0.25) is 0 Å². The summed E-state index contributed by atoms with van der Waals surface area (Å²) >= 11 is 0. The van der Waals surface area contributed by atoms with Gasteiger partial charge in [0.25, 0.3) is 0 Å². The van der Waals surface area contributed by atoms with Gasteiger partial charge >= 0.3 is 0 Å². The predicted octanol–water partition coefficient (Wildman–Crippen LogP) is 3.02. The van der Waals surface area contributed by atoms with Crippen LogP contribution < -0.4 is 14.8 Å². The topological polar surface area (TPSA) is 60.7 Å². The molecule has 6 nitrogen and oxygen atoms in total. The summed E-state index contributed by atoms with van der Waals surface area (Å²) in [4.78, 5) is 4.50. The Kier molecular flexibility index (Phi) is 4.55. The van der Waals surface area contributed by atoms with E-state index in [4.69, 9.17) is 9.47 Å². The number of benzene rings is 1. The Morgan fingerprint density at radius 3 is 2.54 bits per heavy atom. The molecule has 0 unspecified atom stereocenters. The minimum absolute atomic E-state index is 0.743. The second-order valence-electron chi connectivity index (χ2n) is 5.70. The van der Waals surface area contributed by atoms with Gasteiger partial charge in [0.15, 0.2) is 17.1 Å². The summed E-state index contributed by atoms with van der Waals surface area (Å²) in [5, 5.41) is 7.93. The standard InChI is InChI=1S/C18H22N4O2/c1-12-9-17(22-18(20-12)10-13(2)21-22)19-8-7-14-5-6-15(23-3)16(11-14)24-4/h5-6,9-11,19H,7-8H2,1-4H3. The molecule has 126 valence electrons. The van der Waals surface area contributed by atoms with Gasteiger partial charge in [0.1, 0.15) is 5.82 Å². The first-order valence-electron chi connectivity index (χ1n) is 7.89. The molecule has 2 heterocycles. The van der Waals surface area contributed by atoms with E-state index in [0.717, 1.165) is 47.3 Å². The molecule has 0 saturated heterocycles. The van der Waals surface area contributed by atoms with Gasteiger partial charge in [-0.25, -0.2) is 4.98 Å². The molecule has 6 heteroatoms. The van der Waals surface area contributed by atoms with Crippen molar-refractivity contribution in [1.82, 2.24) is 14.6 Å². The highest BCUT2D eigenvalue weighted by Gasteiger charge is 2.07. The van der Waals surface area contributed by atoms with E-state index >= 15 is 0 Å². The van der Waals surface area contributed by atoms with Gasteiger partial charge in [-0.1, -0.05) is 6.07 Å². The lowest BCUT2D eigenvalue weighted by atomic mass is 10.1. The number of hydrogen-bond donors (Lipinski definition) is 1. The number of methoxy groups -OCH3 is 2. The third-order valence-electron chi connectivity index (χ3n) is 3.85. The summed E-state index contributed by atoms with van der Waals surface area (Å²) in [6.45, 7) is 4.74. The highest BCUT2D eigenvalue weighted by atomic mass is 16.5. The molecule has 0 amide bonds. The highest BCUT2D eigenvalue weighted by Crippen LogP contribution is 2.27. The summed E-state index contributed by atoms with van der Waals surface area (Å²) in [6.07, 6.45) is 0.865. The average molecular weight is 326 g/mol. The molecule has 2 aromatic heterocycles. The molecular formula is C18H22N4O2. The Morgan fingerprint density at radius 2 is 1.79 bits per heavy atom. The molecule has 0 bridgehead atoms. The molecular weight excluding hydrogens is 304 g/mol. The molecule has 1 N–H and O–H groups in total. The molecule has 0 radical (unpaired) electrons. The molecule has 3 rings (SSSR count). The number of hydrogen-bond acceptors (Lipinski definition) is 5. The molecule has 24 heavy (non-hydrogen) atoms. The van der Waals surface area contributed by atoms with E-state index in [1.165, 1.54) is 5.56 Å². The van der Waals surface area contributed by atoms with E-state index in [1.54, 1.807) is 14.2 Å². The van der Waals surface area contributed by atoms with Crippen LogP contribution in [0.4, 0.5) is 5.82 Å². The largest absolute Gasteiger partial charge is 0.493 e. The molecule has 0 aliphatic heterocycles. The Bertz CT molecular complexity index is 858. The number of ether oxygens (including phenoxy) is 2. The lowest BCUT2D eigenvalue weighted by Gasteiger charge is -2.11. The Labute approximate surface area is 141 Å². The fourth-order valence-electron chi connectivity index (χ4n) is 2.71. The van der Waals surface area contributed by atoms with Crippen LogP contribution in [-0.2, 0) is 6.42 Å². The van der Waals surface area contributed by atoms with Crippen molar-refractivity contribution in [3.8, 4) is 11.5 Å². The normalized spacial score (nSPS) is 10.8. The first-order chi connectivity index (χ1) is 11.6. The fourth-order valence-corrected chi connectivity index (χ4v) is 2.71. The average Bonchev–Trinajstić information content (AvgIpc) is 2.94. The maximum atomic E-state index is 5.35. The van der Waals surface area contributed by atoms with E-state index in [1.807, 2.05) is 42.6 Å². The summed E-state index contributed by atoms with van der Waals surface area (Å²) in [6, 6.07) is 9.97. The van der Waals surface area contributed by atoms with Crippen molar-refractivity contribution in [2.45, 2.75) is 20.3 Å². The van der Waals surface area contributed by atoms with Crippen molar-refractivity contribution >= 4 is 11.5 Å². The summed E-state index contributed by atoms with van der Waals surface area (Å²) in [5.41, 5.74) is 3.96. The zero-order chi connectivity index (χ0) is 17.1. The SMILES string of the molecule is COc1ccc(CCNc2cc(C)nc3cc(C)nn23)cc1OC. The van der Waals surface area contributed by atoms with Crippen LogP contribution in [0, 0.1) is 13.8 Å². The van der Waals surface area contributed by atoms with Crippen molar-refractivity contribution in [2.75, 3.05) is 26.1 Å². The van der Waals surface area contributed by atoms with Crippen LogP contribution in [0.3, 0.4) is 0 Å². The van der Waals surface area contributed by atoms with Gasteiger partial charge in [0.05, 0.1) is 19.9 Å². The molecule has 0 saturated carbocycles. The third kappa shape index (κ3) is 3.27. The summed E-state index contributed by atoms with van der Waals surface area (Å²) in [7, 11) is 3.29. The van der Waals surface area contributed by atoms with Gasteiger partial charge < -0.3 is 14.8 Å². The maximum absolute atomic E-state index is 5.35. The van der Waals surface area contributed by atoms with Gasteiger partial charge in [0, 0.05) is 24.4 Å². The Morgan fingerprint density at radius 1 is 1.00 bits per heavy atom. The Hall–Kier alpha value is -2.76. The molecule has 0 spiro atoms. The monoisotopic (exact) mass is 326 g/mol. The molecule has 0 aliphatic carbocycles. The predicted molar refractivity (Wildman–Crippen MR) is 94.2 cm³/mol. The number of fused-ring (bicyclic) bond motifs is 1. The highest BCUT2D eigenvalue weighted by molar-refractivity contribution is 5.50. The fraction of sp³-hybridized carbons (Fsp3) is 0.333. The minimum Gasteiger partial charge on any atom is -0.493 e. The zero-order valence-corrected chi connectivity index (χ0v) is 14.5. The lowest BCUT2D eigenvalue weighted by molar-refractivity contribution is 0.354. The molecule has 3 aromatic rings. The van der Waals surface area contributed by atoms with Crippen LogP contribution in [0.25, 0.3) is 5.65 Å². The van der Waals surface area contributed by atoms with Crippen LogP contribution in [0.15, 0.2) is 30.3 Å². The van der Waals surface area contributed by atoms with Gasteiger partial charge in [0.2, 0.25) is 0 Å². The molecule has 0 fully saturated rings. The number of aryl methyl sites for hydroxylation is 2. The van der Waals surface area contributed by atoms with Crippen molar-refractivity contribution in [3.63, 3.8) is 0 Å². The van der Waals surface area contributed by atoms with Gasteiger partial charge in [-0.3, -0.25) is 0 Å². The number of nitrogens with one attached hydrogen (secondary N) is 1. The van der Waals surface area contributed by atoms with Gasteiger partial charge in [-0.05, 0) is 38.0 Å². The zero-order valence-electron chi connectivity index (χ0n) is 14.5.